The predicted octanol–water partition coefficient (Wildman–Crippen LogP) is 4.47. The average molecular weight is 309 g/mol. The molecule has 0 atom stereocenters. The Bertz CT molecular complexity index is 450. The third kappa shape index (κ3) is 4.19. The van der Waals surface area contributed by atoms with E-state index in [1.165, 1.54) is 23.5 Å². The number of benzene rings is 1. The predicted molar refractivity (Wildman–Crippen MR) is 90.6 cm³/mol. The zero-order chi connectivity index (χ0) is 14.6. The molecule has 1 N–H and O–H groups in total. The van der Waals surface area contributed by atoms with Crippen molar-refractivity contribution < 1.29 is 4.79 Å². The SMILES string of the molecule is CCC(C)(C)NC(=O)c1ccc(C2SCCCS2)cc1. The summed E-state index contributed by atoms with van der Waals surface area (Å²) in [5, 5.41) is 3.07. The van der Waals surface area contributed by atoms with E-state index in [0.29, 0.717) is 4.58 Å². The van der Waals surface area contributed by atoms with E-state index < -0.39 is 0 Å². The lowest BCUT2D eigenvalue weighted by molar-refractivity contribution is 0.0911. The van der Waals surface area contributed by atoms with Gasteiger partial charge in [-0.05, 0) is 55.9 Å². The molecule has 0 radical (unpaired) electrons. The van der Waals surface area contributed by atoms with Crippen molar-refractivity contribution in [3.05, 3.63) is 35.4 Å². The van der Waals surface area contributed by atoms with E-state index >= 15 is 0 Å². The van der Waals surface area contributed by atoms with Crippen LogP contribution in [0.2, 0.25) is 0 Å². The zero-order valence-corrected chi connectivity index (χ0v) is 14.1. The van der Waals surface area contributed by atoms with Gasteiger partial charge in [-0.25, -0.2) is 0 Å². The molecule has 2 nitrogen and oxygen atoms in total. The molecular weight excluding hydrogens is 286 g/mol. The number of carbonyl (C=O) groups excluding carboxylic acids is 1. The first-order valence-corrected chi connectivity index (χ1v) is 9.27. The van der Waals surface area contributed by atoms with E-state index in [-0.39, 0.29) is 11.4 Å². The number of amides is 1. The van der Waals surface area contributed by atoms with Gasteiger partial charge in [0, 0.05) is 11.1 Å². The van der Waals surface area contributed by atoms with Gasteiger partial charge >= 0.3 is 0 Å². The van der Waals surface area contributed by atoms with Crippen LogP contribution in [0.15, 0.2) is 24.3 Å². The van der Waals surface area contributed by atoms with Gasteiger partial charge < -0.3 is 5.32 Å². The standard InChI is InChI=1S/C16H23NOS2/c1-4-16(2,3)17-14(18)12-6-8-13(9-7-12)15-19-10-5-11-20-15/h6-9,15H,4-5,10-11H2,1-3H3,(H,17,18). The Hall–Kier alpha value is -0.610. The van der Waals surface area contributed by atoms with Crippen LogP contribution in [0, 0.1) is 0 Å². The Balaban J connectivity index is 2.02. The summed E-state index contributed by atoms with van der Waals surface area (Å²) in [4.78, 5) is 12.2. The Kier molecular flexibility index (Phi) is 5.44. The van der Waals surface area contributed by atoms with E-state index in [1.54, 1.807) is 0 Å². The molecule has 1 aliphatic rings. The Labute approximate surface area is 130 Å². The largest absolute Gasteiger partial charge is 0.347 e. The van der Waals surface area contributed by atoms with Gasteiger partial charge in [-0.1, -0.05) is 19.1 Å². The van der Waals surface area contributed by atoms with Crippen LogP contribution in [0.3, 0.4) is 0 Å². The second kappa shape index (κ2) is 6.90. The first-order chi connectivity index (χ1) is 9.52. The number of hydrogen-bond acceptors (Lipinski definition) is 3. The van der Waals surface area contributed by atoms with Crippen molar-refractivity contribution >= 4 is 29.4 Å². The van der Waals surface area contributed by atoms with Gasteiger partial charge in [0.2, 0.25) is 0 Å². The smallest absolute Gasteiger partial charge is 0.251 e. The van der Waals surface area contributed by atoms with Crippen molar-refractivity contribution in [3.63, 3.8) is 0 Å². The van der Waals surface area contributed by atoms with Crippen molar-refractivity contribution in [2.24, 2.45) is 0 Å². The van der Waals surface area contributed by atoms with E-state index in [9.17, 15) is 4.79 Å². The maximum absolute atomic E-state index is 12.2. The lowest BCUT2D eigenvalue weighted by atomic mass is 10.0. The highest BCUT2D eigenvalue weighted by molar-refractivity contribution is 8.16. The third-order valence-electron chi connectivity index (χ3n) is 3.61. The molecule has 1 aromatic carbocycles. The van der Waals surface area contributed by atoms with Gasteiger partial charge in [0.1, 0.15) is 0 Å². The van der Waals surface area contributed by atoms with Crippen LogP contribution < -0.4 is 5.32 Å². The molecule has 0 bridgehead atoms. The van der Waals surface area contributed by atoms with Crippen LogP contribution in [0.1, 0.15) is 54.1 Å². The minimum atomic E-state index is -0.148. The molecule has 1 amide bonds. The fraction of sp³-hybridized carbons (Fsp3) is 0.562. The monoisotopic (exact) mass is 309 g/mol. The van der Waals surface area contributed by atoms with Gasteiger partial charge in [0.25, 0.3) is 5.91 Å². The van der Waals surface area contributed by atoms with Gasteiger partial charge in [0.05, 0.1) is 4.58 Å². The molecule has 1 fully saturated rings. The molecule has 0 spiro atoms. The topological polar surface area (TPSA) is 29.1 Å². The normalized spacial score (nSPS) is 16.9. The summed E-state index contributed by atoms with van der Waals surface area (Å²) >= 11 is 4.01. The van der Waals surface area contributed by atoms with Crippen LogP contribution in [-0.2, 0) is 0 Å². The number of hydrogen-bond donors (Lipinski definition) is 1. The number of carbonyl (C=O) groups is 1. The molecule has 0 aliphatic carbocycles. The number of thioether (sulfide) groups is 2. The minimum absolute atomic E-state index is 0.0207. The lowest BCUT2D eigenvalue weighted by Crippen LogP contribution is -2.42. The molecule has 110 valence electrons. The average Bonchev–Trinajstić information content (AvgIpc) is 2.48. The van der Waals surface area contributed by atoms with Gasteiger partial charge in [-0.3, -0.25) is 4.79 Å². The summed E-state index contributed by atoms with van der Waals surface area (Å²) in [7, 11) is 0. The van der Waals surface area contributed by atoms with Crippen molar-refractivity contribution in [1.29, 1.82) is 0 Å². The summed E-state index contributed by atoms with van der Waals surface area (Å²) in [5.41, 5.74) is 1.93. The van der Waals surface area contributed by atoms with Crippen molar-refractivity contribution in [2.45, 2.75) is 43.7 Å². The summed E-state index contributed by atoms with van der Waals surface area (Å²) in [6.07, 6.45) is 2.23. The Morgan fingerprint density at radius 2 is 1.85 bits per heavy atom. The second-order valence-corrected chi connectivity index (χ2v) is 8.46. The molecule has 0 saturated carbocycles. The summed E-state index contributed by atoms with van der Waals surface area (Å²) in [6, 6.07) is 8.10. The molecule has 0 unspecified atom stereocenters. The molecule has 1 heterocycles. The molecule has 2 rings (SSSR count). The maximum atomic E-state index is 12.2. The highest BCUT2D eigenvalue weighted by Crippen LogP contribution is 2.43. The number of rotatable bonds is 4. The third-order valence-corrected chi connectivity index (χ3v) is 6.62. The zero-order valence-electron chi connectivity index (χ0n) is 12.4. The quantitative estimate of drug-likeness (QED) is 0.889. The fourth-order valence-electron chi connectivity index (χ4n) is 1.94. The fourth-order valence-corrected chi connectivity index (χ4v) is 4.83. The molecule has 1 saturated heterocycles. The van der Waals surface area contributed by atoms with Gasteiger partial charge in [0.15, 0.2) is 0 Å². The van der Waals surface area contributed by atoms with Crippen LogP contribution >= 0.6 is 23.5 Å². The van der Waals surface area contributed by atoms with E-state index in [2.05, 4.69) is 38.2 Å². The molecular formula is C16H23NOS2. The molecule has 0 aromatic heterocycles. The summed E-state index contributed by atoms with van der Waals surface area (Å²) in [5.74, 6) is 2.50. The summed E-state index contributed by atoms with van der Waals surface area (Å²) in [6.45, 7) is 6.18. The molecule has 4 heteroatoms. The Morgan fingerprint density at radius 1 is 1.25 bits per heavy atom. The molecule has 20 heavy (non-hydrogen) atoms. The second-order valence-electron chi connectivity index (χ2n) is 5.74. The van der Waals surface area contributed by atoms with E-state index in [1.807, 2.05) is 35.7 Å². The number of nitrogens with one attached hydrogen (secondary N) is 1. The summed E-state index contributed by atoms with van der Waals surface area (Å²) < 4.78 is 0.535. The van der Waals surface area contributed by atoms with Crippen LogP contribution in [0.4, 0.5) is 0 Å². The van der Waals surface area contributed by atoms with Crippen LogP contribution in [0.25, 0.3) is 0 Å². The van der Waals surface area contributed by atoms with Crippen molar-refractivity contribution in [3.8, 4) is 0 Å². The Morgan fingerprint density at radius 3 is 2.40 bits per heavy atom. The molecule has 1 aliphatic heterocycles. The first-order valence-electron chi connectivity index (χ1n) is 7.17. The maximum Gasteiger partial charge on any atom is 0.251 e. The van der Waals surface area contributed by atoms with E-state index in [4.69, 9.17) is 0 Å². The van der Waals surface area contributed by atoms with Crippen LogP contribution in [0.5, 0.6) is 0 Å². The molecule has 1 aromatic rings. The highest BCUT2D eigenvalue weighted by atomic mass is 32.2. The van der Waals surface area contributed by atoms with Gasteiger partial charge in [-0.2, -0.15) is 0 Å². The lowest BCUT2D eigenvalue weighted by Gasteiger charge is -2.25. The van der Waals surface area contributed by atoms with E-state index in [0.717, 1.165) is 12.0 Å². The highest BCUT2D eigenvalue weighted by Gasteiger charge is 2.20. The van der Waals surface area contributed by atoms with Crippen LogP contribution in [-0.4, -0.2) is 23.0 Å². The first kappa shape index (κ1) is 15.8. The van der Waals surface area contributed by atoms with Gasteiger partial charge in [-0.15, -0.1) is 23.5 Å². The minimum Gasteiger partial charge on any atom is -0.347 e. The van der Waals surface area contributed by atoms with Crippen molar-refractivity contribution in [1.82, 2.24) is 5.32 Å². The van der Waals surface area contributed by atoms with Crippen molar-refractivity contribution in [2.75, 3.05) is 11.5 Å².